The van der Waals surface area contributed by atoms with Crippen molar-refractivity contribution in [3.63, 3.8) is 0 Å². The van der Waals surface area contributed by atoms with E-state index in [9.17, 15) is 4.79 Å². The fraction of sp³-hybridized carbons (Fsp3) is 0.882. The van der Waals surface area contributed by atoms with Crippen molar-refractivity contribution in [2.24, 2.45) is 5.41 Å². The molecule has 0 saturated carbocycles. The van der Waals surface area contributed by atoms with E-state index in [1.54, 1.807) is 0 Å². The summed E-state index contributed by atoms with van der Waals surface area (Å²) in [6.07, 6.45) is 11.9. The highest BCUT2D eigenvalue weighted by molar-refractivity contribution is 5.69. The number of carbonyl (C=O) groups is 1. The Kier molecular flexibility index (Phi) is 11.0. The molecule has 0 atom stereocenters. The molecule has 0 N–H and O–H groups in total. The van der Waals surface area contributed by atoms with E-state index in [0.29, 0.717) is 13.0 Å². The van der Waals surface area contributed by atoms with Crippen LogP contribution in [-0.2, 0) is 9.53 Å². The normalized spacial score (nSPS) is 11.6. The zero-order valence-corrected chi connectivity index (χ0v) is 13.2. The summed E-state index contributed by atoms with van der Waals surface area (Å²) in [6.45, 7) is 12.0. The molecule has 2 heteroatoms. The van der Waals surface area contributed by atoms with E-state index in [-0.39, 0.29) is 5.97 Å². The van der Waals surface area contributed by atoms with Crippen molar-refractivity contribution in [1.29, 1.82) is 0 Å². The van der Waals surface area contributed by atoms with E-state index >= 15 is 0 Å². The molecule has 0 heterocycles. The van der Waals surface area contributed by atoms with E-state index in [4.69, 9.17) is 11.7 Å². The lowest BCUT2D eigenvalue weighted by atomic mass is 9.99. The number of carbonyl (C=O) groups excluding carboxylic acids is 1. The van der Waals surface area contributed by atoms with Gasteiger partial charge in [0.25, 0.3) is 0 Å². The van der Waals surface area contributed by atoms with Crippen molar-refractivity contribution in [1.82, 2.24) is 0 Å². The largest absolute Gasteiger partial charge is 0.465 e. The maximum absolute atomic E-state index is 11.4. The van der Waals surface area contributed by atoms with Crippen LogP contribution in [-0.4, -0.2) is 12.6 Å². The molecule has 19 heavy (non-hydrogen) atoms. The molecule has 0 rings (SSSR count). The summed E-state index contributed by atoms with van der Waals surface area (Å²) in [7, 11) is 0. The summed E-state index contributed by atoms with van der Waals surface area (Å²) >= 11 is 0. The molecule has 0 bridgehead atoms. The summed E-state index contributed by atoms with van der Waals surface area (Å²) in [5.41, 5.74) is -0.422. The summed E-state index contributed by atoms with van der Waals surface area (Å²) in [5.74, 6) is -0.110. The highest BCUT2D eigenvalue weighted by Gasteiger charge is 2.13. The fourth-order valence-electron chi connectivity index (χ4n) is 1.92. The van der Waals surface area contributed by atoms with Gasteiger partial charge in [-0.25, -0.2) is 0 Å². The van der Waals surface area contributed by atoms with Gasteiger partial charge in [-0.05, 0) is 13.3 Å². The Bertz CT molecular complexity index is 216. The van der Waals surface area contributed by atoms with Crippen LogP contribution in [0.15, 0.2) is 0 Å². The molecule has 0 spiro atoms. The monoisotopic (exact) mass is 268 g/mol. The van der Waals surface area contributed by atoms with Crippen LogP contribution < -0.4 is 0 Å². The first-order valence-electron chi connectivity index (χ1n) is 7.90. The van der Waals surface area contributed by atoms with Gasteiger partial charge in [0.05, 0.1) is 6.61 Å². The lowest BCUT2D eigenvalue weighted by Gasteiger charge is -2.17. The second-order valence-corrected chi connectivity index (χ2v) is 6.23. The molecule has 0 fully saturated rings. The van der Waals surface area contributed by atoms with Gasteiger partial charge in [0.2, 0.25) is 0 Å². The van der Waals surface area contributed by atoms with Crippen molar-refractivity contribution >= 4 is 5.97 Å². The predicted octanol–water partition coefficient (Wildman–Crippen LogP) is 5.19. The smallest absolute Gasteiger partial charge is 0.305 e. The molecule has 0 amide bonds. The van der Waals surface area contributed by atoms with Crippen LogP contribution in [0, 0.1) is 12.3 Å². The van der Waals surface area contributed by atoms with Crippen LogP contribution in [0.3, 0.4) is 0 Å². The van der Waals surface area contributed by atoms with Gasteiger partial charge in [0, 0.05) is 11.8 Å². The van der Waals surface area contributed by atoms with E-state index in [0.717, 1.165) is 12.8 Å². The highest BCUT2D eigenvalue weighted by Crippen LogP contribution is 2.14. The quantitative estimate of drug-likeness (QED) is 0.360. The van der Waals surface area contributed by atoms with Crippen molar-refractivity contribution in [3.05, 3.63) is 6.92 Å². The number of hydrogen-bond acceptors (Lipinski definition) is 2. The zero-order chi connectivity index (χ0) is 14.6. The van der Waals surface area contributed by atoms with Crippen LogP contribution in [0.1, 0.15) is 85.0 Å². The molecule has 2 nitrogen and oxygen atoms in total. The molecule has 0 aromatic heterocycles. The molecule has 0 aromatic carbocycles. The second kappa shape index (κ2) is 11.3. The number of ether oxygens (including phenoxy) is 1. The van der Waals surface area contributed by atoms with Gasteiger partial charge >= 0.3 is 5.97 Å². The molecular formula is C17H32O2. The summed E-state index contributed by atoms with van der Waals surface area (Å²) < 4.78 is 5.11. The van der Waals surface area contributed by atoms with E-state index in [1.807, 2.05) is 13.8 Å². The minimum Gasteiger partial charge on any atom is -0.465 e. The Morgan fingerprint density at radius 3 is 1.89 bits per heavy atom. The first-order chi connectivity index (χ1) is 8.95. The molecule has 112 valence electrons. The van der Waals surface area contributed by atoms with E-state index < -0.39 is 5.41 Å². The van der Waals surface area contributed by atoms with Crippen molar-refractivity contribution in [2.45, 2.75) is 85.0 Å². The molecule has 2 radical (unpaired) electrons. The van der Waals surface area contributed by atoms with Crippen molar-refractivity contribution in [3.8, 4) is 0 Å². The van der Waals surface area contributed by atoms with E-state index in [1.165, 1.54) is 44.9 Å². The predicted molar refractivity (Wildman–Crippen MR) is 80.9 cm³/mol. The number of rotatable bonds is 12. The zero-order valence-electron chi connectivity index (χ0n) is 13.2. The molecule has 0 aromatic rings. The third-order valence-corrected chi connectivity index (χ3v) is 3.09. The highest BCUT2D eigenvalue weighted by atomic mass is 16.5. The third kappa shape index (κ3) is 15.4. The average Bonchev–Trinajstić information content (AvgIpc) is 2.33. The summed E-state index contributed by atoms with van der Waals surface area (Å²) in [5, 5.41) is 0. The maximum Gasteiger partial charge on any atom is 0.305 e. The Morgan fingerprint density at radius 2 is 1.42 bits per heavy atom. The van der Waals surface area contributed by atoms with Crippen LogP contribution in [0.5, 0.6) is 0 Å². The molecule has 0 unspecified atom stereocenters. The number of unbranched alkanes of at least 4 members (excludes halogenated alkanes) is 8. The van der Waals surface area contributed by atoms with Crippen molar-refractivity contribution in [2.75, 3.05) is 6.61 Å². The van der Waals surface area contributed by atoms with Crippen LogP contribution in [0.4, 0.5) is 0 Å². The first kappa shape index (κ1) is 18.5. The molecule has 0 aliphatic heterocycles. The van der Waals surface area contributed by atoms with Gasteiger partial charge in [0.1, 0.15) is 0 Å². The van der Waals surface area contributed by atoms with Gasteiger partial charge in [-0.1, -0.05) is 72.1 Å². The first-order valence-corrected chi connectivity index (χ1v) is 7.90. The summed E-state index contributed by atoms with van der Waals surface area (Å²) in [6, 6.07) is 0. The SMILES string of the molecule is [CH]C(C)(C)COC(=O)CCCCCCCCCCC. The topological polar surface area (TPSA) is 26.3 Å². The van der Waals surface area contributed by atoms with Gasteiger partial charge in [-0.2, -0.15) is 0 Å². The van der Waals surface area contributed by atoms with Crippen molar-refractivity contribution < 1.29 is 9.53 Å². The Labute approximate surface area is 120 Å². The maximum atomic E-state index is 11.4. The average molecular weight is 268 g/mol. The Balaban J connectivity index is 3.23. The molecule has 0 aliphatic carbocycles. The van der Waals surface area contributed by atoms with Crippen LogP contribution in [0.25, 0.3) is 0 Å². The molecular weight excluding hydrogens is 236 g/mol. The standard InChI is InChI=1S/C17H32O2/c1-5-6-7-8-9-10-11-12-13-14-16(18)19-15-17(2,3)4/h2H,5-15H2,1,3-4H3. The van der Waals surface area contributed by atoms with Gasteiger partial charge in [-0.15, -0.1) is 0 Å². The van der Waals surface area contributed by atoms with E-state index in [2.05, 4.69) is 6.92 Å². The van der Waals surface area contributed by atoms with Gasteiger partial charge in [-0.3, -0.25) is 4.79 Å². The fourth-order valence-corrected chi connectivity index (χ4v) is 1.92. The lowest BCUT2D eigenvalue weighted by molar-refractivity contribution is -0.146. The molecule has 0 saturated heterocycles. The number of hydrogen-bond donors (Lipinski definition) is 0. The third-order valence-electron chi connectivity index (χ3n) is 3.09. The summed E-state index contributed by atoms with van der Waals surface area (Å²) in [4.78, 5) is 11.4. The Morgan fingerprint density at radius 1 is 0.947 bits per heavy atom. The minimum atomic E-state index is -0.422. The Hall–Kier alpha value is -0.530. The van der Waals surface area contributed by atoms with Gasteiger partial charge in [0.15, 0.2) is 0 Å². The minimum absolute atomic E-state index is 0.110. The molecule has 0 aliphatic rings. The number of esters is 1. The van der Waals surface area contributed by atoms with Crippen LogP contribution in [0.2, 0.25) is 0 Å². The van der Waals surface area contributed by atoms with Crippen LogP contribution >= 0.6 is 0 Å². The lowest BCUT2D eigenvalue weighted by Crippen LogP contribution is -2.18. The van der Waals surface area contributed by atoms with Gasteiger partial charge < -0.3 is 4.74 Å². The second-order valence-electron chi connectivity index (χ2n) is 6.23.